The zero-order valence-electron chi connectivity index (χ0n) is 12.9. The number of rotatable bonds is 8. The number of nitrogens with one attached hydrogen (secondary N) is 1. The summed E-state index contributed by atoms with van der Waals surface area (Å²) in [4.78, 5) is 0. The minimum absolute atomic E-state index is 0.105. The van der Waals surface area contributed by atoms with Crippen LogP contribution < -0.4 is 14.8 Å². The molecule has 0 fully saturated rings. The van der Waals surface area contributed by atoms with Gasteiger partial charge < -0.3 is 14.8 Å². The Hall–Kier alpha value is -1.07. The molecule has 1 N–H and O–H groups in total. The fraction of sp³-hybridized carbons (Fsp3) is 0.625. The Morgan fingerprint density at radius 3 is 2.67 bits per heavy atom. The molecule has 1 aromatic rings. The quantitative estimate of drug-likeness (QED) is 0.802. The van der Waals surface area contributed by atoms with Crippen LogP contribution in [0.25, 0.3) is 0 Å². The summed E-state index contributed by atoms with van der Waals surface area (Å²) < 4.78 is 23.3. The minimum Gasteiger partial charge on any atom is -0.486 e. The fourth-order valence-corrected chi connectivity index (χ4v) is 3.67. The standard InChI is InChI=1S/C16H25NO3S/c1-3-7-17-14(12-21(18)10-4-2)13-5-6-15-16(11-13)20-9-8-19-15/h5-6,11,14,17H,3-4,7-10,12H2,1-2H3. The van der Waals surface area contributed by atoms with Crippen LogP contribution in [0.2, 0.25) is 0 Å². The molecule has 1 aromatic carbocycles. The van der Waals surface area contributed by atoms with E-state index in [9.17, 15) is 4.21 Å². The second-order valence-corrected chi connectivity index (χ2v) is 6.84. The first kappa shape index (κ1) is 16.3. The van der Waals surface area contributed by atoms with E-state index < -0.39 is 10.8 Å². The van der Waals surface area contributed by atoms with Crippen LogP contribution in [-0.2, 0) is 10.8 Å². The largest absolute Gasteiger partial charge is 0.486 e. The van der Waals surface area contributed by atoms with Gasteiger partial charge in [0.05, 0.1) is 0 Å². The highest BCUT2D eigenvalue weighted by atomic mass is 32.2. The van der Waals surface area contributed by atoms with Crippen molar-refractivity contribution in [2.75, 3.05) is 31.3 Å². The first-order chi connectivity index (χ1) is 10.2. The van der Waals surface area contributed by atoms with Crippen LogP contribution >= 0.6 is 0 Å². The monoisotopic (exact) mass is 311 g/mol. The van der Waals surface area contributed by atoms with Gasteiger partial charge >= 0.3 is 0 Å². The van der Waals surface area contributed by atoms with Gasteiger partial charge in [-0.15, -0.1) is 0 Å². The number of hydrogen-bond donors (Lipinski definition) is 1. The zero-order valence-corrected chi connectivity index (χ0v) is 13.7. The maximum absolute atomic E-state index is 12.1. The molecule has 21 heavy (non-hydrogen) atoms. The Morgan fingerprint density at radius 1 is 1.19 bits per heavy atom. The van der Waals surface area contributed by atoms with Gasteiger partial charge in [0.25, 0.3) is 0 Å². The molecule has 2 unspecified atom stereocenters. The van der Waals surface area contributed by atoms with Crippen molar-refractivity contribution in [3.05, 3.63) is 23.8 Å². The van der Waals surface area contributed by atoms with Crippen LogP contribution in [0.1, 0.15) is 38.3 Å². The average Bonchev–Trinajstić information content (AvgIpc) is 2.51. The maximum atomic E-state index is 12.1. The average molecular weight is 311 g/mol. The Balaban J connectivity index is 2.13. The Bertz CT molecular complexity index is 479. The smallest absolute Gasteiger partial charge is 0.161 e. The molecule has 2 atom stereocenters. The van der Waals surface area contributed by atoms with E-state index in [0.29, 0.717) is 19.0 Å². The first-order valence-electron chi connectivity index (χ1n) is 7.72. The second kappa shape index (κ2) is 8.39. The summed E-state index contributed by atoms with van der Waals surface area (Å²) >= 11 is 0. The predicted molar refractivity (Wildman–Crippen MR) is 86.6 cm³/mol. The Kier molecular flexibility index (Phi) is 6.51. The van der Waals surface area contributed by atoms with Gasteiger partial charge in [0.2, 0.25) is 0 Å². The third-order valence-corrected chi connectivity index (χ3v) is 4.96. The minimum atomic E-state index is -0.790. The summed E-state index contributed by atoms with van der Waals surface area (Å²) in [5, 5.41) is 3.49. The van der Waals surface area contributed by atoms with Crippen LogP contribution in [-0.4, -0.2) is 35.5 Å². The number of hydrogen-bond acceptors (Lipinski definition) is 4. The van der Waals surface area contributed by atoms with Gasteiger partial charge in [-0.1, -0.05) is 19.9 Å². The van der Waals surface area contributed by atoms with Gasteiger partial charge in [-0.05, 0) is 37.1 Å². The van der Waals surface area contributed by atoms with Crippen LogP contribution in [0, 0.1) is 0 Å². The van der Waals surface area contributed by atoms with E-state index in [1.807, 2.05) is 18.2 Å². The lowest BCUT2D eigenvalue weighted by Crippen LogP contribution is -2.28. The Morgan fingerprint density at radius 2 is 1.95 bits per heavy atom. The molecule has 0 saturated heterocycles. The number of ether oxygens (including phenoxy) is 2. The van der Waals surface area contributed by atoms with Crippen LogP contribution in [0.5, 0.6) is 11.5 Å². The first-order valence-corrected chi connectivity index (χ1v) is 9.21. The van der Waals surface area contributed by atoms with E-state index in [0.717, 1.165) is 42.2 Å². The van der Waals surface area contributed by atoms with Gasteiger partial charge in [-0.25, -0.2) is 0 Å². The molecule has 2 rings (SSSR count). The topological polar surface area (TPSA) is 47.6 Å². The van der Waals surface area contributed by atoms with Gasteiger partial charge in [0, 0.05) is 28.3 Å². The third kappa shape index (κ3) is 4.71. The summed E-state index contributed by atoms with van der Waals surface area (Å²) in [6.45, 7) is 6.31. The molecule has 0 bridgehead atoms. The summed E-state index contributed by atoms with van der Waals surface area (Å²) in [6, 6.07) is 6.12. The lowest BCUT2D eigenvalue weighted by Gasteiger charge is -2.23. The van der Waals surface area contributed by atoms with Gasteiger partial charge in [0.15, 0.2) is 11.5 Å². The van der Waals surface area contributed by atoms with Crippen molar-refractivity contribution in [1.82, 2.24) is 5.32 Å². The lowest BCUT2D eigenvalue weighted by molar-refractivity contribution is 0.171. The molecule has 1 aliphatic heterocycles. The maximum Gasteiger partial charge on any atom is 0.161 e. The predicted octanol–water partition coefficient (Wildman–Crippen LogP) is 2.66. The van der Waals surface area contributed by atoms with Crippen LogP contribution in [0.3, 0.4) is 0 Å². The molecule has 0 radical (unpaired) electrons. The van der Waals surface area contributed by atoms with E-state index in [1.165, 1.54) is 0 Å². The highest BCUT2D eigenvalue weighted by Gasteiger charge is 2.18. The van der Waals surface area contributed by atoms with Gasteiger partial charge in [-0.2, -0.15) is 0 Å². The summed E-state index contributed by atoms with van der Waals surface area (Å²) in [6.07, 6.45) is 2.01. The third-order valence-electron chi connectivity index (χ3n) is 3.39. The Labute approximate surface area is 129 Å². The van der Waals surface area contributed by atoms with E-state index in [-0.39, 0.29) is 6.04 Å². The van der Waals surface area contributed by atoms with Crippen LogP contribution in [0.4, 0.5) is 0 Å². The molecule has 4 nitrogen and oxygen atoms in total. The molecule has 0 saturated carbocycles. The van der Waals surface area contributed by atoms with Crippen LogP contribution in [0.15, 0.2) is 18.2 Å². The van der Waals surface area contributed by atoms with Crippen molar-refractivity contribution in [2.45, 2.75) is 32.7 Å². The number of benzene rings is 1. The van der Waals surface area contributed by atoms with Crippen molar-refractivity contribution >= 4 is 10.8 Å². The summed E-state index contributed by atoms with van der Waals surface area (Å²) in [5.74, 6) is 3.00. The van der Waals surface area contributed by atoms with Crippen molar-refractivity contribution < 1.29 is 13.7 Å². The molecule has 0 aliphatic carbocycles. The number of fused-ring (bicyclic) bond motifs is 1. The molecule has 0 spiro atoms. The van der Waals surface area contributed by atoms with Crippen molar-refractivity contribution in [3.63, 3.8) is 0 Å². The highest BCUT2D eigenvalue weighted by molar-refractivity contribution is 7.85. The fourth-order valence-electron chi connectivity index (χ4n) is 2.37. The molecule has 118 valence electrons. The normalized spacial score (nSPS) is 16.5. The lowest BCUT2D eigenvalue weighted by atomic mass is 10.1. The molecule has 0 amide bonds. The summed E-state index contributed by atoms with van der Waals surface area (Å²) in [5.41, 5.74) is 1.12. The molecular formula is C16H25NO3S. The molecule has 1 heterocycles. The summed E-state index contributed by atoms with van der Waals surface area (Å²) in [7, 11) is -0.790. The second-order valence-electron chi connectivity index (χ2n) is 5.22. The van der Waals surface area contributed by atoms with Gasteiger partial charge in [-0.3, -0.25) is 4.21 Å². The zero-order chi connectivity index (χ0) is 15.1. The molecule has 1 aliphatic rings. The van der Waals surface area contributed by atoms with E-state index >= 15 is 0 Å². The molecule has 0 aromatic heterocycles. The van der Waals surface area contributed by atoms with Crippen molar-refractivity contribution in [2.24, 2.45) is 0 Å². The van der Waals surface area contributed by atoms with Gasteiger partial charge in [0.1, 0.15) is 13.2 Å². The molecular weight excluding hydrogens is 286 g/mol. The van der Waals surface area contributed by atoms with Crippen molar-refractivity contribution in [1.29, 1.82) is 0 Å². The van der Waals surface area contributed by atoms with E-state index in [2.05, 4.69) is 19.2 Å². The molecule has 5 heteroatoms. The van der Waals surface area contributed by atoms with E-state index in [1.54, 1.807) is 0 Å². The van der Waals surface area contributed by atoms with E-state index in [4.69, 9.17) is 9.47 Å². The highest BCUT2D eigenvalue weighted by Crippen LogP contribution is 2.32. The van der Waals surface area contributed by atoms with Crippen molar-refractivity contribution in [3.8, 4) is 11.5 Å². The SMILES string of the molecule is CCCNC(CS(=O)CCC)c1ccc2c(c1)OCCO2.